The third kappa shape index (κ3) is 2.69. The molecule has 0 radical (unpaired) electrons. The van der Waals surface area contributed by atoms with E-state index in [0.29, 0.717) is 5.56 Å². The summed E-state index contributed by atoms with van der Waals surface area (Å²) in [4.78, 5) is 12.0. The molecule has 0 fully saturated rings. The first kappa shape index (κ1) is 11.3. The third-order valence-electron chi connectivity index (χ3n) is 2.56. The van der Waals surface area contributed by atoms with Crippen LogP contribution in [0.3, 0.4) is 0 Å². The predicted molar refractivity (Wildman–Crippen MR) is 66.1 cm³/mol. The average molecular weight is 227 g/mol. The Kier molecular flexibility index (Phi) is 3.50. The number of rotatable bonds is 3. The molecule has 1 heterocycles. The van der Waals surface area contributed by atoms with Crippen LogP contribution in [0.2, 0.25) is 0 Å². The minimum atomic E-state index is -0.100. The van der Waals surface area contributed by atoms with Gasteiger partial charge in [0, 0.05) is 24.1 Å². The van der Waals surface area contributed by atoms with Crippen LogP contribution in [0.4, 0.5) is 0 Å². The lowest BCUT2D eigenvalue weighted by Crippen LogP contribution is -2.50. The second-order valence-corrected chi connectivity index (χ2v) is 3.72. The van der Waals surface area contributed by atoms with E-state index in [4.69, 9.17) is 0 Å². The van der Waals surface area contributed by atoms with Gasteiger partial charge in [-0.15, -0.1) is 5.43 Å². The van der Waals surface area contributed by atoms with E-state index in [1.165, 1.54) is 0 Å². The van der Waals surface area contributed by atoms with Gasteiger partial charge in [-0.2, -0.15) is 0 Å². The Morgan fingerprint density at radius 3 is 2.53 bits per heavy atom. The first-order valence-electron chi connectivity index (χ1n) is 5.67. The zero-order valence-electron chi connectivity index (χ0n) is 9.76. The summed E-state index contributed by atoms with van der Waals surface area (Å²) in [6.45, 7) is 2.06. The molecule has 1 amide bonds. The Morgan fingerprint density at radius 1 is 1.12 bits per heavy atom. The summed E-state index contributed by atoms with van der Waals surface area (Å²) in [7, 11) is 0. The molecule has 0 spiro atoms. The van der Waals surface area contributed by atoms with Crippen molar-refractivity contribution in [3.63, 3.8) is 0 Å². The summed E-state index contributed by atoms with van der Waals surface area (Å²) in [5.41, 5.74) is 4.58. The zero-order valence-corrected chi connectivity index (χ0v) is 9.76. The van der Waals surface area contributed by atoms with Crippen LogP contribution in [0.5, 0.6) is 0 Å². The quantitative estimate of drug-likeness (QED) is 0.798. The van der Waals surface area contributed by atoms with E-state index >= 15 is 0 Å². The molecule has 0 atom stereocenters. The molecule has 86 valence electrons. The Balaban J connectivity index is 2.19. The molecule has 2 aromatic rings. The number of nitrogens with one attached hydrogen (secondary N) is 1. The average Bonchev–Trinajstić information content (AvgIpc) is 2.40. The van der Waals surface area contributed by atoms with Gasteiger partial charge in [-0.1, -0.05) is 29.8 Å². The maximum atomic E-state index is 12.0. The van der Waals surface area contributed by atoms with Crippen LogP contribution in [0, 0.1) is 0 Å². The van der Waals surface area contributed by atoms with Crippen molar-refractivity contribution in [1.29, 1.82) is 0 Å². The molecular weight excluding hydrogens is 212 g/mol. The van der Waals surface area contributed by atoms with Crippen LogP contribution in [0.15, 0.2) is 54.7 Å². The standard InChI is InChI=1S/C14H14N2O/c1-2-13-10-6-7-11-16(13)15-14(17)12-8-4-3-5-9-12/h3-11H,2H2,1H3/p+1. The number of carbonyl (C=O) groups is 1. The highest BCUT2D eigenvalue weighted by Crippen LogP contribution is 1.98. The molecule has 1 aromatic carbocycles. The summed E-state index contributed by atoms with van der Waals surface area (Å²) < 4.78 is 1.76. The fraction of sp³-hybridized carbons (Fsp3) is 0.143. The minimum Gasteiger partial charge on any atom is -0.264 e. The van der Waals surface area contributed by atoms with Crippen LogP contribution < -0.4 is 10.1 Å². The lowest BCUT2D eigenvalue weighted by atomic mass is 10.2. The van der Waals surface area contributed by atoms with E-state index in [1.807, 2.05) is 42.6 Å². The SMILES string of the molecule is CCc1cccc[n+]1NC(=O)c1ccccc1. The molecule has 0 bridgehead atoms. The smallest absolute Gasteiger partial charge is 0.264 e. The van der Waals surface area contributed by atoms with Crippen molar-refractivity contribution in [1.82, 2.24) is 0 Å². The van der Waals surface area contributed by atoms with Gasteiger partial charge < -0.3 is 0 Å². The molecule has 0 aliphatic carbocycles. The molecule has 0 saturated heterocycles. The molecular formula is C14H15N2O+. The molecule has 2 rings (SSSR count). The number of nitrogens with zero attached hydrogens (tertiary/aromatic N) is 1. The first-order chi connectivity index (χ1) is 8.31. The Morgan fingerprint density at radius 2 is 1.82 bits per heavy atom. The van der Waals surface area contributed by atoms with Gasteiger partial charge in [0.25, 0.3) is 0 Å². The normalized spacial score (nSPS) is 9.94. The molecule has 0 aliphatic rings. The van der Waals surface area contributed by atoms with Crippen molar-refractivity contribution in [2.45, 2.75) is 13.3 Å². The van der Waals surface area contributed by atoms with Gasteiger partial charge in [0.2, 0.25) is 5.69 Å². The molecule has 17 heavy (non-hydrogen) atoms. The molecule has 3 nitrogen and oxygen atoms in total. The fourth-order valence-electron chi connectivity index (χ4n) is 1.64. The van der Waals surface area contributed by atoms with Crippen LogP contribution in [0.1, 0.15) is 23.0 Å². The summed E-state index contributed by atoms with van der Waals surface area (Å²) in [6.07, 6.45) is 2.72. The van der Waals surface area contributed by atoms with Crippen molar-refractivity contribution in [3.05, 3.63) is 66.0 Å². The Labute approximate surface area is 101 Å². The van der Waals surface area contributed by atoms with E-state index in [2.05, 4.69) is 12.3 Å². The highest BCUT2D eigenvalue weighted by molar-refractivity contribution is 5.98. The second kappa shape index (κ2) is 5.25. The van der Waals surface area contributed by atoms with Crippen LogP contribution in [-0.4, -0.2) is 5.91 Å². The molecule has 0 unspecified atom stereocenters. The minimum absolute atomic E-state index is 0.100. The van der Waals surface area contributed by atoms with Gasteiger partial charge in [0.15, 0.2) is 6.20 Å². The highest BCUT2D eigenvalue weighted by atomic mass is 16.2. The maximum absolute atomic E-state index is 12.0. The van der Waals surface area contributed by atoms with Crippen LogP contribution >= 0.6 is 0 Å². The lowest BCUT2D eigenvalue weighted by molar-refractivity contribution is -0.649. The van der Waals surface area contributed by atoms with Crippen molar-refractivity contribution in [2.75, 3.05) is 5.43 Å². The van der Waals surface area contributed by atoms with Crippen LogP contribution in [-0.2, 0) is 6.42 Å². The topological polar surface area (TPSA) is 33.0 Å². The van der Waals surface area contributed by atoms with Crippen molar-refractivity contribution in [2.24, 2.45) is 0 Å². The predicted octanol–water partition coefficient (Wildman–Crippen LogP) is 1.92. The molecule has 1 aromatic heterocycles. The molecule has 3 heteroatoms. The number of hydrogen-bond acceptors (Lipinski definition) is 1. The summed E-state index contributed by atoms with van der Waals surface area (Å²) >= 11 is 0. The summed E-state index contributed by atoms with van der Waals surface area (Å²) in [5.74, 6) is -0.100. The van der Waals surface area contributed by atoms with Crippen molar-refractivity contribution in [3.8, 4) is 0 Å². The maximum Gasteiger partial charge on any atom is 0.305 e. The number of aromatic nitrogens is 1. The Bertz CT molecular complexity index is 509. The number of aryl methyl sites for hydroxylation is 1. The summed E-state index contributed by atoms with van der Waals surface area (Å²) in [5, 5.41) is 0. The van der Waals surface area contributed by atoms with Crippen molar-refractivity contribution < 1.29 is 9.47 Å². The van der Waals surface area contributed by atoms with Crippen LogP contribution in [0.25, 0.3) is 0 Å². The third-order valence-corrected chi connectivity index (χ3v) is 2.56. The second-order valence-electron chi connectivity index (χ2n) is 3.72. The first-order valence-corrected chi connectivity index (χ1v) is 5.67. The number of benzene rings is 1. The number of amides is 1. The highest BCUT2D eigenvalue weighted by Gasteiger charge is 2.13. The number of carbonyl (C=O) groups excluding carboxylic acids is 1. The van der Waals surface area contributed by atoms with Crippen molar-refractivity contribution >= 4 is 5.91 Å². The monoisotopic (exact) mass is 227 g/mol. The summed E-state index contributed by atoms with van der Waals surface area (Å²) in [6, 6.07) is 15.0. The largest absolute Gasteiger partial charge is 0.305 e. The van der Waals surface area contributed by atoms with Gasteiger partial charge >= 0.3 is 5.91 Å². The van der Waals surface area contributed by atoms with E-state index < -0.39 is 0 Å². The fourth-order valence-corrected chi connectivity index (χ4v) is 1.64. The number of pyridine rings is 1. The van der Waals surface area contributed by atoms with E-state index in [9.17, 15) is 4.79 Å². The van der Waals surface area contributed by atoms with Gasteiger partial charge in [0.05, 0.1) is 0 Å². The zero-order chi connectivity index (χ0) is 12.1. The van der Waals surface area contributed by atoms with Gasteiger partial charge in [-0.05, 0) is 18.2 Å². The molecule has 0 aliphatic heterocycles. The molecule has 1 N–H and O–H groups in total. The van der Waals surface area contributed by atoms with E-state index in [1.54, 1.807) is 16.8 Å². The van der Waals surface area contributed by atoms with Gasteiger partial charge in [-0.25, -0.2) is 0 Å². The van der Waals surface area contributed by atoms with Gasteiger partial charge in [-0.3, -0.25) is 4.79 Å². The van der Waals surface area contributed by atoms with Gasteiger partial charge in [0.1, 0.15) is 0 Å². The molecule has 0 saturated carbocycles. The van der Waals surface area contributed by atoms with E-state index in [-0.39, 0.29) is 5.91 Å². The van der Waals surface area contributed by atoms with E-state index in [0.717, 1.165) is 12.1 Å². The number of hydrogen-bond donors (Lipinski definition) is 1. The Hall–Kier alpha value is -2.16. The lowest BCUT2D eigenvalue weighted by Gasteiger charge is -2.02.